The standard InChI is InChI=1S/C22H21F2N3O3S2/c1-29-11-10-26-20-16(21-27-14-4-2-3-5-15(14)31-21)17(25)19(32-20)18(28)12-6-8-13(9-7-12)30-22(23)24/h2-9,17,19,22,26H,10-11,25H2,1H3/p+1/t17-,19-/m1/s1. The second kappa shape index (κ2) is 9.95. The van der Waals surface area contributed by atoms with Crippen LogP contribution in [0.2, 0.25) is 0 Å². The van der Waals surface area contributed by atoms with E-state index in [1.807, 2.05) is 24.3 Å². The second-order valence-electron chi connectivity index (χ2n) is 7.06. The molecule has 0 saturated heterocycles. The number of aromatic nitrogens is 1. The van der Waals surface area contributed by atoms with Gasteiger partial charge in [0.1, 0.15) is 22.0 Å². The van der Waals surface area contributed by atoms with E-state index in [-0.39, 0.29) is 17.6 Å². The number of fused-ring (bicyclic) bond motifs is 1. The highest BCUT2D eigenvalue weighted by molar-refractivity contribution is 8.04. The van der Waals surface area contributed by atoms with Crippen molar-refractivity contribution in [1.29, 1.82) is 0 Å². The molecule has 0 spiro atoms. The number of thiazole rings is 1. The highest BCUT2D eigenvalue weighted by Gasteiger charge is 2.43. The Kier molecular flexibility index (Phi) is 7.04. The minimum Gasteiger partial charge on any atom is -0.435 e. The largest absolute Gasteiger partial charge is 0.435 e. The number of thioether (sulfide) groups is 1. The lowest BCUT2D eigenvalue weighted by atomic mass is 9.99. The van der Waals surface area contributed by atoms with E-state index in [2.05, 4.69) is 15.8 Å². The van der Waals surface area contributed by atoms with Crippen molar-refractivity contribution in [2.45, 2.75) is 17.9 Å². The molecule has 1 aromatic heterocycles. The molecule has 3 aromatic rings. The number of ketones is 1. The molecule has 2 heterocycles. The van der Waals surface area contributed by atoms with Crippen LogP contribution in [0.1, 0.15) is 15.4 Å². The van der Waals surface area contributed by atoms with Gasteiger partial charge in [-0.15, -0.1) is 11.3 Å². The Morgan fingerprint density at radius 3 is 2.66 bits per heavy atom. The normalized spacial score (nSPS) is 18.5. The summed E-state index contributed by atoms with van der Waals surface area (Å²) < 4.78 is 35.4. The first-order valence-electron chi connectivity index (χ1n) is 9.89. The van der Waals surface area contributed by atoms with Gasteiger partial charge in [0, 0.05) is 19.2 Å². The predicted octanol–water partition coefficient (Wildman–Crippen LogP) is 3.41. The number of benzene rings is 2. The van der Waals surface area contributed by atoms with E-state index in [1.165, 1.54) is 36.0 Å². The smallest absolute Gasteiger partial charge is 0.387 e. The zero-order chi connectivity index (χ0) is 22.7. The second-order valence-corrected chi connectivity index (χ2v) is 9.24. The number of carbonyl (C=O) groups is 1. The lowest BCUT2D eigenvalue weighted by molar-refractivity contribution is -0.394. The van der Waals surface area contributed by atoms with Crippen LogP contribution >= 0.6 is 23.1 Å². The van der Waals surface area contributed by atoms with Crippen molar-refractivity contribution in [2.75, 3.05) is 20.3 Å². The Morgan fingerprint density at radius 2 is 1.97 bits per heavy atom. The monoisotopic (exact) mass is 478 g/mol. The fourth-order valence-electron chi connectivity index (χ4n) is 3.44. The van der Waals surface area contributed by atoms with E-state index in [4.69, 9.17) is 9.72 Å². The molecule has 0 fully saturated rings. The third-order valence-electron chi connectivity index (χ3n) is 4.96. The minimum absolute atomic E-state index is 0.0111. The Bertz CT molecular complexity index is 1100. The van der Waals surface area contributed by atoms with Crippen LogP contribution in [0.25, 0.3) is 15.8 Å². The number of alkyl halides is 2. The maximum absolute atomic E-state index is 13.3. The molecule has 168 valence electrons. The molecule has 10 heteroatoms. The van der Waals surface area contributed by atoms with Crippen molar-refractivity contribution in [3.63, 3.8) is 0 Å². The molecule has 0 unspecified atom stereocenters. The summed E-state index contributed by atoms with van der Waals surface area (Å²) in [6.45, 7) is -1.81. The summed E-state index contributed by atoms with van der Waals surface area (Å²) in [5.74, 6) is -0.113. The molecule has 6 nitrogen and oxygen atoms in total. The van der Waals surface area contributed by atoms with Gasteiger partial charge in [0.2, 0.25) is 0 Å². The number of ether oxygens (including phenoxy) is 2. The molecule has 4 rings (SSSR count). The number of hydrogen-bond donors (Lipinski definition) is 2. The van der Waals surface area contributed by atoms with Gasteiger partial charge in [-0.25, -0.2) is 4.98 Å². The van der Waals surface area contributed by atoms with Crippen molar-refractivity contribution < 1.29 is 28.8 Å². The summed E-state index contributed by atoms with van der Waals surface area (Å²) in [6, 6.07) is 13.3. The summed E-state index contributed by atoms with van der Waals surface area (Å²) in [7, 11) is 1.63. The molecule has 1 aliphatic heterocycles. The fourth-order valence-corrected chi connectivity index (χ4v) is 5.94. The predicted molar refractivity (Wildman–Crippen MR) is 122 cm³/mol. The lowest BCUT2D eigenvalue weighted by Gasteiger charge is -2.13. The minimum atomic E-state index is -2.91. The fraction of sp³-hybridized carbons (Fsp3) is 0.273. The van der Waals surface area contributed by atoms with Gasteiger partial charge in [-0.1, -0.05) is 23.9 Å². The van der Waals surface area contributed by atoms with Crippen molar-refractivity contribution >= 4 is 44.7 Å². The van der Waals surface area contributed by atoms with Crippen molar-refractivity contribution in [3.8, 4) is 5.75 Å². The number of methoxy groups -OCH3 is 1. The maximum atomic E-state index is 13.3. The first kappa shape index (κ1) is 22.7. The highest BCUT2D eigenvalue weighted by Crippen LogP contribution is 2.43. The maximum Gasteiger partial charge on any atom is 0.387 e. The molecule has 0 saturated carbocycles. The Balaban J connectivity index is 1.61. The summed E-state index contributed by atoms with van der Waals surface area (Å²) in [5.41, 5.74) is 6.52. The Labute approximate surface area is 191 Å². The van der Waals surface area contributed by atoms with Crippen molar-refractivity contribution in [3.05, 3.63) is 64.1 Å². The molecular formula is C22H22F2N3O3S2+. The number of rotatable bonds is 9. The number of carbonyl (C=O) groups excluding carboxylic acids is 1. The molecule has 1 aliphatic rings. The van der Waals surface area contributed by atoms with E-state index in [0.29, 0.717) is 18.7 Å². The number of quaternary nitrogens is 1. The zero-order valence-electron chi connectivity index (χ0n) is 17.2. The summed E-state index contributed by atoms with van der Waals surface area (Å²) in [6.07, 6.45) is 0. The third kappa shape index (κ3) is 4.78. The van der Waals surface area contributed by atoms with Crippen LogP contribution in [0.5, 0.6) is 5.75 Å². The van der Waals surface area contributed by atoms with Gasteiger partial charge < -0.3 is 20.5 Å². The number of para-hydroxylation sites is 1. The molecule has 2 aromatic carbocycles. The van der Waals surface area contributed by atoms with E-state index in [0.717, 1.165) is 25.8 Å². The van der Waals surface area contributed by atoms with Gasteiger partial charge in [0.25, 0.3) is 0 Å². The topological polar surface area (TPSA) is 88.1 Å². The molecule has 2 atom stereocenters. The Morgan fingerprint density at radius 1 is 1.22 bits per heavy atom. The van der Waals surface area contributed by atoms with E-state index < -0.39 is 11.9 Å². The molecule has 0 aliphatic carbocycles. The van der Waals surface area contributed by atoms with E-state index >= 15 is 0 Å². The van der Waals surface area contributed by atoms with Crippen LogP contribution in [0.3, 0.4) is 0 Å². The molecule has 0 radical (unpaired) electrons. The van der Waals surface area contributed by atoms with Crippen LogP contribution in [0, 0.1) is 0 Å². The van der Waals surface area contributed by atoms with Crippen LogP contribution in [-0.4, -0.2) is 48.9 Å². The van der Waals surface area contributed by atoms with Gasteiger partial charge in [-0.3, -0.25) is 4.79 Å². The highest BCUT2D eigenvalue weighted by atomic mass is 32.2. The molecule has 0 bridgehead atoms. The van der Waals surface area contributed by atoms with Crippen molar-refractivity contribution in [1.82, 2.24) is 10.3 Å². The summed E-state index contributed by atoms with van der Waals surface area (Å²) >= 11 is 2.98. The number of halogens is 2. The van der Waals surface area contributed by atoms with Crippen LogP contribution in [-0.2, 0) is 4.74 Å². The summed E-state index contributed by atoms with van der Waals surface area (Å²) in [4.78, 5) is 18.0. The SMILES string of the molecule is COCCNC1=C(c2nc3ccccc3s2)[C@@H]([NH3+])[C@H](C(=O)c2ccc(OC(F)F)cc2)S1. The lowest BCUT2D eigenvalue weighted by Crippen LogP contribution is -2.66. The van der Waals surface area contributed by atoms with Gasteiger partial charge in [0.05, 0.1) is 27.4 Å². The van der Waals surface area contributed by atoms with Crippen LogP contribution in [0.4, 0.5) is 8.78 Å². The van der Waals surface area contributed by atoms with Gasteiger partial charge in [0.15, 0.2) is 5.78 Å². The van der Waals surface area contributed by atoms with E-state index in [9.17, 15) is 13.6 Å². The van der Waals surface area contributed by atoms with E-state index in [1.54, 1.807) is 18.4 Å². The first-order chi connectivity index (χ1) is 15.5. The van der Waals surface area contributed by atoms with Gasteiger partial charge in [-0.05, 0) is 36.4 Å². The summed E-state index contributed by atoms with van der Waals surface area (Å²) in [5, 5.41) is 4.58. The average molecular weight is 479 g/mol. The number of hydrogen-bond acceptors (Lipinski definition) is 7. The zero-order valence-corrected chi connectivity index (χ0v) is 18.8. The number of nitrogens with zero attached hydrogens (tertiary/aromatic N) is 1. The van der Waals surface area contributed by atoms with Gasteiger partial charge >= 0.3 is 6.61 Å². The van der Waals surface area contributed by atoms with Gasteiger partial charge in [-0.2, -0.15) is 8.78 Å². The quantitative estimate of drug-likeness (QED) is 0.362. The van der Waals surface area contributed by atoms with Crippen LogP contribution < -0.4 is 15.8 Å². The number of nitrogens with one attached hydrogen (secondary N) is 1. The third-order valence-corrected chi connectivity index (χ3v) is 7.43. The Hall–Kier alpha value is -2.53. The molecular weight excluding hydrogens is 456 g/mol. The molecule has 0 amide bonds. The molecule has 4 N–H and O–H groups in total. The average Bonchev–Trinajstić information content (AvgIpc) is 3.34. The first-order valence-corrected chi connectivity index (χ1v) is 11.6. The van der Waals surface area contributed by atoms with Crippen molar-refractivity contribution in [2.24, 2.45) is 0 Å². The number of Topliss-reactive ketones (excluding diaryl/α,β-unsaturated/α-hetero) is 1. The molecule has 32 heavy (non-hydrogen) atoms. The van der Waals surface area contributed by atoms with Crippen LogP contribution in [0.15, 0.2) is 53.6 Å².